The van der Waals surface area contributed by atoms with Crippen LogP contribution >= 0.6 is 11.6 Å². The van der Waals surface area contributed by atoms with Crippen LogP contribution in [0.1, 0.15) is 65.6 Å². The third kappa shape index (κ3) is 6.69. The van der Waals surface area contributed by atoms with Crippen molar-refractivity contribution in [1.82, 2.24) is 34.4 Å². The Balaban J connectivity index is 1.33. The molecule has 12 nitrogen and oxygen atoms in total. The Morgan fingerprint density at radius 2 is 1.77 bits per heavy atom. The fourth-order valence-electron chi connectivity index (χ4n) is 7.85. The zero-order valence-corrected chi connectivity index (χ0v) is 31.7. The average molecular weight is 833 g/mol. The molecule has 0 bridgehead atoms. The van der Waals surface area contributed by atoms with Gasteiger partial charge in [0.15, 0.2) is 5.82 Å². The number of alkyl halides is 4. The predicted octanol–water partition coefficient (Wildman–Crippen LogP) is 6.58. The van der Waals surface area contributed by atoms with Gasteiger partial charge in [-0.2, -0.15) is 19.0 Å². The van der Waals surface area contributed by atoms with E-state index in [-0.39, 0.29) is 61.7 Å². The van der Waals surface area contributed by atoms with Crippen molar-refractivity contribution >= 4 is 55.2 Å². The summed E-state index contributed by atoms with van der Waals surface area (Å²) < 4.78 is 118. The van der Waals surface area contributed by atoms with E-state index in [1.54, 1.807) is 18.2 Å². The molecule has 20 heteroatoms. The monoisotopic (exact) mass is 832 g/mol. The molecule has 0 aliphatic heterocycles. The van der Waals surface area contributed by atoms with Gasteiger partial charge in [0.05, 0.1) is 44.8 Å². The van der Waals surface area contributed by atoms with E-state index in [1.165, 1.54) is 23.9 Å². The van der Waals surface area contributed by atoms with Gasteiger partial charge in [-0.15, -0.1) is 0 Å². The fourth-order valence-corrected chi connectivity index (χ4v) is 8.58. The molecule has 3 aromatic heterocycles. The molecule has 0 saturated heterocycles. The van der Waals surface area contributed by atoms with Gasteiger partial charge in [-0.05, 0) is 66.3 Å². The number of benzene rings is 3. The first kappa shape index (κ1) is 38.4. The summed E-state index contributed by atoms with van der Waals surface area (Å²) in [6.07, 6.45) is -2.15. The van der Waals surface area contributed by atoms with E-state index in [2.05, 4.69) is 20.2 Å². The standard InChI is InChI=1S/C37H31ClF6N8O4S/c1-4-16-5-6-20-24(11-16)46-35(52(36(20)54)26-8-7-23(38)29-31(26)50(2)48-34(29)49-57(3,55)56)25(12-17-9-18(39)13-19(40)10-17)45-27(53)15-51-32-28(30(47-51)33(41)42)21-14-22(21)37(32,43)44/h5-11,13,21-22,25,33H,4,12,14-15H2,1-3H3,(H,45,53)(H,48,49)/t21-,22+,25-/m0/s1. The molecule has 2 aliphatic rings. The van der Waals surface area contributed by atoms with Crippen molar-refractivity contribution in [1.29, 1.82) is 0 Å². The van der Waals surface area contributed by atoms with Crippen molar-refractivity contribution in [2.75, 3.05) is 11.0 Å². The molecule has 3 atom stereocenters. The van der Waals surface area contributed by atoms with E-state index in [4.69, 9.17) is 16.6 Å². The number of carbonyl (C=O) groups is 1. The molecule has 0 unspecified atom stereocenters. The number of nitrogens with zero attached hydrogens (tertiary/aromatic N) is 6. The first-order valence-corrected chi connectivity index (χ1v) is 19.8. The number of aromatic nitrogens is 6. The highest BCUT2D eigenvalue weighted by Gasteiger charge is 2.67. The second kappa shape index (κ2) is 13.6. The highest BCUT2D eigenvalue weighted by atomic mass is 35.5. The average Bonchev–Trinajstić information content (AvgIpc) is 3.66. The number of carbonyl (C=O) groups excluding carboxylic acids is 1. The summed E-state index contributed by atoms with van der Waals surface area (Å²) in [5.74, 6) is -8.83. The van der Waals surface area contributed by atoms with Crippen molar-refractivity contribution in [3.63, 3.8) is 0 Å². The van der Waals surface area contributed by atoms with Crippen LogP contribution in [-0.2, 0) is 47.2 Å². The summed E-state index contributed by atoms with van der Waals surface area (Å²) in [7, 11) is -2.42. The summed E-state index contributed by atoms with van der Waals surface area (Å²) >= 11 is 6.58. The van der Waals surface area contributed by atoms with Crippen LogP contribution in [0.4, 0.5) is 32.2 Å². The lowest BCUT2D eigenvalue weighted by molar-refractivity contribution is -0.123. The van der Waals surface area contributed by atoms with Crippen molar-refractivity contribution < 1.29 is 39.6 Å². The quantitative estimate of drug-likeness (QED) is 0.140. The maximum absolute atomic E-state index is 15.4. The first-order chi connectivity index (χ1) is 26.9. The number of amides is 1. The van der Waals surface area contributed by atoms with Gasteiger partial charge in [-0.3, -0.25) is 28.2 Å². The van der Waals surface area contributed by atoms with Gasteiger partial charge in [-0.25, -0.2) is 31.0 Å². The maximum Gasteiger partial charge on any atom is 0.293 e. The highest BCUT2D eigenvalue weighted by molar-refractivity contribution is 7.92. The van der Waals surface area contributed by atoms with Gasteiger partial charge in [0, 0.05) is 31.0 Å². The minimum absolute atomic E-state index is 0.00554. The first-order valence-electron chi connectivity index (χ1n) is 17.6. The van der Waals surface area contributed by atoms with Crippen LogP contribution in [-0.4, -0.2) is 49.7 Å². The molecule has 57 heavy (non-hydrogen) atoms. The molecule has 2 N–H and O–H groups in total. The molecule has 0 spiro atoms. The van der Waals surface area contributed by atoms with E-state index in [0.29, 0.717) is 17.2 Å². The zero-order chi connectivity index (χ0) is 40.9. The number of fused-ring (bicyclic) bond motifs is 5. The number of hydrogen-bond donors (Lipinski definition) is 2. The van der Waals surface area contributed by atoms with Crippen LogP contribution in [0.25, 0.3) is 27.5 Å². The number of rotatable bonds is 11. The van der Waals surface area contributed by atoms with Crippen LogP contribution < -0.4 is 15.6 Å². The van der Waals surface area contributed by atoms with E-state index in [9.17, 15) is 35.6 Å². The summed E-state index contributed by atoms with van der Waals surface area (Å²) in [6.45, 7) is 0.918. The Morgan fingerprint density at radius 3 is 2.44 bits per heavy atom. The summed E-state index contributed by atoms with van der Waals surface area (Å²) in [4.78, 5) is 33.5. The van der Waals surface area contributed by atoms with Crippen LogP contribution in [0, 0.1) is 17.6 Å². The zero-order valence-electron chi connectivity index (χ0n) is 30.1. The molecule has 1 fully saturated rings. The molecule has 0 radical (unpaired) electrons. The van der Waals surface area contributed by atoms with Crippen molar-refractivity contribution in [3.8, 4) is 5.69 Å². The van der Waals surface area contributed by atoms with Gasteiger partial charge >= 0.3 is 0 Å². The number of nitrogens with one attached hydrogen (secondary N) is 2. The van der Waals surface area contributed by atoms with Crippen LogP contribution in [0.15, 0.2) is 53.3 Å². The third-order valence-corrected chi connectivity index (χ3v) is 11.2. The predicted molar refractivity (Wildman–Crippen MR) is 197 cm³/mol. The third-order valence-electron chi connectivity index (χ3n) is 10.3. The molecule has 298 valence electrons. The highest BCUT2D eigenvalue weighted by Crippen LogP contribution is 2.68. The lowest BCUT2D eigenvalue weighted by Crippen LogP contribution is -2.38. The number of halogens is 7. The van der Waals surface area contributed by atoms with Crippen LogP contribution in [0.3, 0.4) is 0 Å². The van der Waals surface area contributed by atoms with Gasteiger partial charge in [0.1, 0.15) is 35.4 Å². The normalized spacial score (nSPS) is 17.6. The largest absolute Gasteiger partial charge is 0.344 e. The van der Waals surface area contributed by atoms with Crippen LogP contribution in [0.5, 0.6) is 0 Å². The lowest BCUT2D eigenvalue weighted by atomic mass is 10.0. The molecule has 6 aromatic rings. The number of aryl methyl sites for hydroxylation is 2. The smallest absolute Gasteiger partial charge is 0.293 e. The molecule has 3 aromatic carbocycles. The van der Waals surface area contributed by atoms with E-state index in [1.807, 2.05) is 6.92 Å². The van der Waals surface area contributed by atoms with Gasteiger partial charge < -0.3 is 5.32 Å². The molecule has 8 rings (SSSR count). The SMILES string of the molecule is CCc1ccc2c(=O)n(-c3ccc(Cl)c4c(NS(C)(=O)=O)nn(C)c34)c([C@H](Cc3cc(F)cc(F)c3)NC(=O)Cn3nc(C(F)F)c4c3C(F)(F)[C@@H]3C[C@H]43)nc2c1. The molecule has 3 heterocycles. The second-order valence-electron chi connectivity index (χ2n) is 14.2. The van der Waals surface area contributed by atoms with Crippen molar-refractivity contribution in [2.24, 2.45) is 13.0 Å². The molecule has 2 aliphatic carbocycles. The topological polar surface area (TPSA) is 146 Å². The van der Waals surface area contributed by atoms with Gasteiger partial charge in [0.2, 0.25) is 15.9 Å². The fraction of sp³-hybridized carbons (Fsp3) is 0.324. The Morgan fingerprint density at radius 1 is 1.05 bits per heavy atom. The summed E-state index contributed by atoms with van der Waals surface area (Å²) in [5, 5.41) is 10.9. The van der Waals surface area contributed by atoms with Gasteiger partial charge in [-0.1, -0.05) is 24.6 Å². The van der Waals surface area contributed by atoms with E-state index < -0.39 is 87.7 Å². The van der Waals surface area contributed by atoms with Gasteiger partial charge in [0.25, 0.3) is 17.9 Å². The Bertz CT molecular complexity index is 2820. The second-order valence-corrected chi connectivity index (χ2v) is 16.4. The van der Waals surface area contributed by atoms with Crippen molar-refractivity contribution in [3.05, 3.63) is 109 Å². The maximum atomic E-state index is 15.4. The number of sulfonamides is 1. The lowest BCUT2D eigenvalue weighted by Gasteiger charge is -2.24. The summed E-state index contributed by atoms with van der Waals surface area (Å²) in [6, 6.07) is 8.89. The molecule has 1 amide bonds. The minimum Gasteiger partial charge on any atom is -0.344 e. The Kier molecular flexibility index (Phi) is 9.18. The molecule has 1 saturated carbocycles. The van der Waals surface area contributed by atoms with Crippen LogP contribution in [0.2, 0.25) is 5.02 Å². The number of hydrogen-bond acceptors (Lipinski definition) is 7. The molecular formula is C37H31ClF6N8O4S. The number of anilines is 1. The summed E-state index contributed by atoms with van der Waals surface area (Å²) in [5.41, 5.74) is -1.43. The Hall–Kier alpha value is -5.43. The minimum atomic E-state index is -3.88. The molecular weight excluding hydrogens is 802 g/mol. The van der Waals surface area contributed by atoms with Crippen molar-refractivity contribution in [2.45, 2.75) is 57.0 Å². The Labute approximate surface area is 324 Å². The van der Waals surface area contributed by atoms with E-state index >= 15 is 8.78 Å². The van der Waals surface area contributed by atoms with E-state index in [0.717, 1.165) is 28.5 Å².